The molecule has 0 aromatic carbocycles. The molecule has 0 aliphatic heterocycles. The van der Waals surface area contributed by atoms with E-state index in [1.165, 1.54) is 37.5 Å². The number of rotatable bonds is 6. The second-order valence-corrected chi connectivity index (χ2v) is 6.40. The fraction of sp³-hybridized carbons (Fsp3) is 0.600. The number of hydrogen-bond donors (Lipinski definition) is 3. The van der Waals surface area contributed by atoms with Gasteiger partial charge in [-0.25, -0.2) is 4.79 Å². The van der Waals surface area contributed by atoms with Crippen molar-refractivity contribution in [3.05, 3.63) is 22.4 Å². The van der Waals surface area contributed by atoms with Crippen LogP contribution in [-0.2, 0) is 4.79 Å². The Balaban J connectivity index is 1.83. The molecule has 0 spiro atoms. The number of amides is 3. The van der Waals surface area contributed by atoms with E-state index in [1.54, 1.807) is 11.3 Å². The van der Waals surface area contributed by atoms with Crippen molar-refractivity contribution in [1.82, 2.24) is 16.0 Å². The van der Waals surface area contributed by atoms with Crippen LogP contribution < -0.4 is 16.0 Å². The quantitative estimate of drug-likeness (QED) is 0.706. The van der Waals surface area contributed by atoms with E-state index >= 15 is 0 Å². The van der Waals surface area contributed by atoms with Crippen LogP contribution in [0.25, 0.3) is 0 Å². The van der Waals surface area contributed by atoms with E-state index in [2.05, 4.69) is 22.0 Å². The first-order valence-corrected chi connectivity index (χ1v) is 8.37. The average Bonchev–Trinajstić information content (AvgIpc) is 3.13. The van der Waals surface area contributed by atoms with Crippen LogP contribution >= 0.6 is 11.3 Å². The Morgan fingerprint density at radius 1 is 1.29 bits per heavy atom. The zero-order chi connectivity index (χ0) is 15.1. The van der Waals surface area contributed by atoms with Crippen molar-refractivity contribution < 1.29 is 9.59 Å². The molecule has 1 saturated carbocycles. The predicted octanol–water partition coefficient (Wildman–Crippen LogP) is 2.41. The summed E-state index contributed by atoms with van der Waals surface area (Å²) in [5.74, 6) is 0.448. The summed E-state index contributed by atoms with van der Waals surface area (Å²) >= 11 is 1.69. The van der Waals surface area contributed by atoms with Gasteiger partial charge in [0.1, 0.15) is 0 Å². The van der Waals surface area contributed by atoms with Gasteiger partial charge in [0.15, 0.2) is 0 Å². The van der Waals surface area contributed by atoms with E-state index in [0.717, 1.165) is 0 Å². The predicted molar refractivity (Wildman–Crippen MR) is 84.2 cm³/mol. The Hall–Kier alpha value is -1.56. The fourth-order valence-electron chi connectivity index (χ4n) is 2.79. The number of urea groups is 1. The van der Waals surface area contributed by atoms with Crippen molar-refractivity contribution >= 4 is 23.3 Å². The number of carbonyl (C=O) groups excluding carboxylic acids is 2. The van der Waals surface area contributed by atoms with Crippen molar-refractivity contribution in [3.63, 3.8) is 0 Å². The minimum Gasteiger partial charge on any atom is -0.355 e. The lowest BCUT2D eigenvalue weighted by Crippen LogP contribution is -2.42. The summed E-state index contributed by atoms with van der Waals surface area (Å²) in [6.07, 6.45) is 4.85. The van der Waals surface area contributed by atoms with Gasteiger partial charge in [-0.2, -0.15) is 0 Å². The number of thiophene rings is 1. The smallest absolute Gasteiger partial charge is 0.315 e. The van der Waals surface area contributed by atoms with Gasteiger partial charge in [0.05, 0.1) is 6.04 Å². The summed E-state index contributed by atoms with van der Waals surface area (Å²) in [4.78, 5) is 24.0. The topological polar surface area (TPSA) is 70.2 Å². The van der Waals surface area contributed by atoms with Crippen molar-refractivity contribution in [2.45, 2.75) is 38.6 Å². The molecule has 3 N–H and O–H groups in total. The van der Waals surface area contributed by atoms with Gasteiger partial charge in [-0.15, -0.1) is 11.3 Å². The van der Waals surface area contributed by atoms with E-state index in [0.29, 0.717) is 19.0 Å². The summed E-state index contributed by atoms with van der Waals surface area (Å²) in [7, 11) is 0. The summed E-state index contributed by atoms with van der Waals surface area (Å²) < 4.78 is 0. The summed E-state index contributed by atoms with van der Waals surface area (Å²) in [5.41, 5.74) is 0. The molecule has 0 unspecified atom stereocenters. The SMILES string of the molecule is CC(=O)NCCNC(=O)N[C@H](c1cccs1)C1CCCC1. The molecule has 1 aromatic rings. The highest BCUT2D eigenvalue weighted by molar-refractivity contribution is 7.10. The van der Waals surface area contributed by atoms with Gasteiger partial charge < -0.3 is 16.0 Å². The molecule has 1 fully saturated rings. The fourth-order valence-corrected chi connectivity index (χ4v) is 3.66. The minimum absolute atomic E-state index is 0.0837. The zero-order valence-electron chi connectivity index (χ0n) is 12.4. The molecule has 5 nitrogen and oxygen atoms in total. The number of carbonyl (C=O) groups is 2. The molecule has 1 aromatic heterocycles. The van der Waals surface area contributed by atoms with Crippen molar-refractivity contribution in [1.29, 1.82) is 0 Å². The molecule has 1 aliphatic carbocycles. The highest BCUT2D eigenvalue weighted by Crippen LogP contribution is 2.37. The summed E-state index contributed by atoms with van der Waals surface area (Å²) in [6, 6.07) is 4.06. The van der Waals surface area contributed by atoms with Gasteiger partial charge in [0, 0.05) is 24.9 Å². The summed E-state index contributed by atoms with van der Waals surface area (Å²) in [5, 5.41) is 10.6. The van der Waals surface area contributed by atoms with Crippen LogP contribution in [0.1, 0.15) is 43.5 Å². The number of nitrogens with one attached hydrogen (secondary N) is 3. The monoisotopic (exact) mass is 309 g/mol. The van der Waals surface area contributed by atoms with Crippen molar-refractivity contribution in [3.8, 4) is 0 Å². The van der Waals surface area contributed by atoms with Crippen molar-refractivity contribution in [2.24, 2.45) is 5.92 Å². The van der Waals surface area contributed by atoms with Crippen LogP contribution in [0.4, 0.5) is 4.79 Å². The molecule has 116 valence electrons. The van der Waals surface area contributed by atoms with E-state index < -0.39 is 0 Å². The van der Waals surface area contributed by atoms with Crippen LogP contribution in [0.15, 0.2) is 17.5 Å². The molecule has 0 saturated heterocycles. The normalized spacial score (nSPS) is 16.4. The maximum Gasteiger partial charge on any atom is 0.315 e. The van der Waals surface area contributed by atoms with Gasteiger partial charge >= 0.3 is 6.03 Å². The van der Waals surface area contributed by atoms with E-state index in [9.17, 15) is 9.59 Å². The average molecular weight is 309 g/mol. The molecular weight excluding hydrogens is 286 g/mol. The zero-order valence-corrected chi connectivity index (χ0v) is 13.2. The van der Waals surface area contributed by atoms with Crippen LogP contribution in [0.5, 0.6) is 0 Å². The van der Waals surface area contributed by atoms with Gasteiger partial charge in [-0.05, 0) is 30.2 Å². The highest BCUT2D eigenvalue weighted by Gasteiger charge is 2.28. The Labute approximate surface area is 129 Å². The first-order valence-electron chi connectivity index (χ1n) is 7.49. The van der Waals surface area contributed by atoms with Gasteiger partial charge in [-0.1, -0.05) is 18.9 Å². The molecule has 0 radical (unpaired) electrons. The lowest BCUT2D eigenvalue weighted by Gasteiger charge is -2.24. The lowest BCUT2D eigenvalue weighted by atomic mass is 9.97. The lowest BCUT2D eigenvalue weighted by molar-refractivity contribution is -0.118. The van der Waals surface area contributed by atoms with Crippen molar-refractivity contribution in [2.75, 3.05) is 13.1 Å². The molecule has 1 atom stereocenters. The van der Waals surface area contributed by atoms with E-state index in [-0.39, 0.29) is 18.0 Å². The first kappa shape index (κ1) is 15.8. The van der Waals surface area contributed by atoms with Crippen LogP contribution in [0, 0.1) is 5.92 Å². The molecule has 1 aliphatic rings. The Morgan fingerprint density at radius 3 is 2.62 bits per heavy atom. The van der Waals surface area contributed by atoms with Gasteiger partial charge in [0.2, 0.25) is 5.91 Å². The van der Waals surface area contributed by atoms with Crippen LogP contribution in [-0.4, -0.2) is 25.0 Å². The maximum atomic E-state index is 12.0. The second-order valence-electron chi connectivity index (χ2n) is 5.42. The third-order valence-electron chi connectivity index (χ3n) is 3.79. The Morgan fingerprint density at radius 2 is 2.00 bits per heavy atom. The van der Waals surface area contributed by atoms with Crippen LogP contribution in [0.2, 0.25) is 0 Å². The molecule has 1 heterocycles. The third kappa shape index (κ3) is 5.04. The molecule has 6 heteroatoms. The molecule has 3 amide bonds. The van der Waals surface area contributed by atoms with Gasteiger partial charge in [0.25, 0.3) is 0 Å². The van der Waals surface area contributed by atoms with E-state index in [1.807, 2.05) is 11.4 Å². The first-order chi connectivity index (χ1) is 10.2. The minimum atomic E-state index is -0.161. The third-order valence-corrected chi connectivity index (χ3v) is 4.75. The standard InChI is InChI=1S/C15H23N3O2S/c1-11(19)16-8-9-17-15(20)18-14(12-5-2-3-6-12)13-7-4-10-21-13/h4,7,10,12,14H,2-3,5-6,8-9H2,1H3,(H,16,19)(H2,17,18,20)/t14-/m0/s1. The maximum absolute atomic E-state index is 12.0. The summed E-state index contributed by atoms with van der Waals surface area (Å²) in [6.45, 7) is 2.36. The van der Waals surface area contributed by atoms with E-state index in [4.69, 9.17) is 0 Å². The molecule has 0 bridgehead atoms. The Bertz CT molecular complexity index is 455. The number of hydrogen-bond acceptors (Lipinski definition) is 3. The molecular formula is C15H23N3O2S. The molecule has 2 rings (SSSR count). The molecule has 21 heavy (non-hydrogen) atoms. The Kier molecular flexibility index (Phi) is 6.04. The van der Waals surface area contributed by atoms with Crippen LogP contribution in [0.3, 0.4) is 0 Å². The van der Waals surface area contributed by atoms with Gasteiger partial charge in [-0.3, -0.25) is 4.79 Å². The highest BCUT2D eigenvalue weighted by atomic mass is 32.1. The second kappa shape index (κ2) is 8.02. The largest absolute Gasteiger partial charge is 0.355 e.